The largest absolute Gasteiger partial charge is 0.385 e. The Bertz CT molecular complexity index is 823. The fourth-order valence-electron chi connectivity index (χ4n) is 4.28. The number of nitro groups is 1. The number of nitro benzene ring substituents is 1. The van der Waals surface area contributed by atoms with Gasteiger partial charge in [0, 0.05) is 45.5 Å². The van der Waals surface area contributed by atoms with E-state index in [0.29, 0.717) is 54.8 Å². The molecule has 0 radical (unpaired) electrons. The molecule has 1 saturated heterocycles. The van der Waals surface area contributed by atoms with Crippen molar-refractivity contribution in [1.29, 1.82) is 0 Å². The number of rotatable bonds is 7. The van der Waals surface area contributed by atoms with Gasteiger partial charge >= 0.3 is 0 Å². The van der Waals surface area contributed by atoms with Crippen LogP contribution in [-0.2, 0) is 14.3 Å². The van der Waals surface area contributed by atoms with E-state index in [-0.39, 0.29) is 24.0 Å². The lowest BCUT2D eigenvalue weighted by molar-refractivity contribution is -0.384. The molecular weight excluding hydrogens is 374 g/mol. The van der Waals surface area contributed by atoms with Crippen LogP contribution in [0.15, 0.2) is 30.0 Å². The average Bonchev–Trinajstić information content (AvgIpc) is 2.92. The van der Waals surface area contributed by atoms with Gasteiger partial charge in [-0.25, -0.2) is 0 Å². The second kappa shape index (κ2) is 8.73. The smallest absolute Gasteiger partial charge is 0.277 e. The molecule has 156 valence electrons. The highest BCUT2D eigenvalue weighted by Gasteiger charge is 2.42. The molecule has 3 rings (SSSR count). The third-order valence-corrected chi connectivity index (χ3v) is 5.43. The number of hydrogen-bond acceptors (Lipinski definition) is 6. The van der Waals surface area contributed by atoms with Crippen LogP contribution < -0.4 is 0 Å². The van der Waals surface area contributed by atoms with Crippen molar-refractivity contribution in [2.75, 3.05) is 33.4 Å². The van der Waals surface area contributed by atoms with Crippen molar-refractivity contribution in [1.82, 2.24) is 9.80 Å². The molecule has 0 aliphatic carbocycles. The molecule has 0 aromatic heterocycles. The number of ether oxygens (including phenoxy) is 1. The van der Waals surface area contributed by atoms with Crippen LogP contribution in [0.1, 0.15) is 32.3 Å². The van der Waals surface area contributed by atoms with E-state index in [4.69, 9.17) is 4.74 Å². The van der Waals surface area contributed by atoms with Gasteiger partial charge in [0.2, 0.25) is 0 Å². The first-order valence-corrected chi connectivity index (χ1v) is 9.92. The first-order chi connectivity index (χ1) is 13.8. The van der Waals surface area contributed by atoms with Gasteiger partial charge in [-0.05, 0) is 42.4 Å². The topological polar surface area (TPSA) is 93.0 Å². The van der Waals surface area contributed by atoms with Gasteiger partial charge in [0.05, 0.1) is 10.5 Å². The number of nitrogens with zero attached hydrogens (tertiary/aromatic N) is 3. The predicted molar refractivity (Wildman–Crippen MR) is 108 cm³/mol. The van der Waals surface area contributed by atoms with Crippen molar-refractivity contribution >= 4 is 23.1 Å². The van der Waals surface area contributed by atoms with E-state index in [1.54, 1.807) is 19.2 Å². The van der Waals surface area contributed by atoms with Crippen molar-refractivity contribution in [3.63, 3.8) is 0 Å². The summed E-state index contributed by atoms with van der Waals surface area (Å²) in [7, 11) is 1.58. The fourth-order valence-corrected chi connectivity index (χ4v) is 4.28. The molecule has 1 aromatic carbocycles. The number of amides is 2. The molecule has 2 heterocycles. The Morgan fingerprint density at radius 2 is 1.72 bits per heavy atom. The molecule has 0 N–H and O–H groups in total. The number of imide groups is 1. The van der Waals surface area contributed by atoms with Crippen LogP contribution in [0.2, 0.25) is 0 Å². The summed E-state index contributed by atoms with van der Waals surface area (Å²) in [5.41, 5.74) is 1.23. The van der Waals surface area contributed by atoms with Gasteiger partial charge in [0.1, 0.15) is 5.70 Å². The molecule has 8 nitrogen and oxygen atoms in total. The Labute approximate surface area is 170 Å². The summed E-state index contributed by atoms with van der Waals surface area (Å²) in [6, 6.07) is 5.84. The Kier molecular flexibility index (Phi) is 6.32. The molecule has 2 atom stereocenters. The summed E-state index contributed by atoms with van der Waals surface area (Å²) in [4.78, 5) is 40.2. The normalized spacial score (nSPS) is 22.6. The maximum Gasteiger partial charge on any atom is 0.277 e. The van der Waals surface area contributed by atoms with E-state index >= 15 is 0 Å². The highest BCUT2D eigenvalue weighted by Crippen LogP contribution is 2.35. The molecule has 2 aliphatic rings. The third kappa shape index (κ3) is 4.32. The van der Waals surface area contributed by atoms with Crippen LogP contribution in [0.5, 0.6) is 0 Å². The van der Waals surface area contributed by atoms with Crippen LogP contribution >= 0.6 is 0 Å². The Morgan fingerprint density at radius 3 is 2.28 bits per heavy atom. The third-order valence-electron chi connectivity index (χ3n) is 5.43. The molecule has 2 unspecified atom stereocenters. The van der Waals surface area contributed by atoms with Gasteiger partial charge in [-0.3, -0.25) is 24.6 Å². The Balaban J connectivity index is 2.01. The molecule has 29 heavy (non-hydrogen) atoms. The maximum atomic E-state index is 13.2. The second-order valence-corrected chi connectivity index (χ2v) is 7.99. The zero-order valence-electron chi connectivity index (χ0n) is 17.1. The summed E-state index contributed by atoms with van der Waals surface area (Å²) < 4.78 is 5.05. The highest BCUT2D eigenvalue weighted by molar-refractivity contribution is 6.35. The van der Waals surface area contributed by atoms with Crippen molar-refractivity contribution in [3.05, 3.63) is 45.6 Å². The minimum Gasteiger partial charge on any atom is -0.385 e. The number of carbonyl (C=O) groups is 2. The Hall–Kier alpha value is -2.74. The van der Waals surface area contributed by atoms with E-state index in [0.717, 1.165) is 6.42 Å². The Morgan fingerprint density at radius 1 is 1.10 bits per heavy atom. The van der Waals surface area contributed by atoms with Gasteiger partial charge in [0.25, 0.3) is 17.5 Å². The number of carbonyl (C=O) groups excluding carboxylic acids is 2. The van der Waals surface area contributed by atoms with Crippen LogP contribution in [0.3, 0.4) is 0 Å². The lowest BCUT2D eigenvalue weighted by atomic mass is 9.91. The standard InChI is InChI=1S/C21H27N3O5/c1-14-11-15(2)13-22(12-14)19-18(16-5-7-17(8-6-16)24(27)28)20(25)23(21(19)26)9-4-10-29-3/h5-8,14-15H,4,9-13H2,1-3H3. The summed E-state index contributed by atoms with van der Waals surface area (Å²) in [6.45, 7) is 6.45. The molecule has 0 spiro atoms. The SMILES string of the molecule is COCCCN1C(=O)C(c2ccc([N+](=O)[O-])cc2)=C(N2CC(C)CC(C)C2)C1=O. The number of non-ortho nitro benzene ring substituents is 1. The van der Waals surface area contributed by atoms with E-state index in [1.165, 1.54) is 17.0 Å². The fraction of sp³-hybridized carbons (Fsp3) is 0.524. The lowest BCUT2D eigenvalue weighted by Gasteiger charge is -2.37. The zero-order valence-corrected chi connectivity index (χ0v) is 17.1. The summed E-state index contributed by atoms with van der Waals surface area (Å²) in [5, 5.41) is 11.0. The molecule has 1 aromatic rings. The number of piperidine rings is 1. The number of hydrogen-bond donors (Lipinski definition) is 0. The minimum absolute atomic E-state index is 0.0511. The maximum absolute atomic E-state index is 13.2. The van der Waals surface area contributed by atoms with Crippen LogP contribution in [0.25, 0.3) is 5.57 Å². The predicted octanol–water partition coefficient (Wildman–Crippen LogP) is 2.69. The van der Waals surface area contributed by atoms with Crippen LogP contribution in [0.4, 0.5) is 5.69 Å². The second-order valence-electron chi connectivity index (χ2n) is 7.99. The van der Waals surface area contributed by atoms with Crippen molar-refractivity contribution in [3.8, 4) is 0 Å². The molecule has 1 fully saturated rings. The van der Waals surface area contributed by atoms with Gasteiger partial charge < -0.3 is 9.64 Å². The van der Waals surface area contributed by atoms with Crippen molar-refractivity contribution in [2.45, 2.75) is 26.7 Å². The quantitative estimate of drug-likeness (QED) is 0.302. The van der Waals surface area contributed by atoms with Gasteiger partial charge in [-0.2, -0.15) is 0 Å². The van der Waals surface area contributed by atoms with Gasteiger partial charge in [-0.1, -0.05) is 13.8 Å². The zero-order chi connectivity index (χ0) is 21.1. The minimum atomic E-state index is -0.480. The molecular formula is C21H27N3O5. The summed E-state index contributed by atoms with van der Waals surface area (Å²) in [6.07, 6.45) is 1.64. The molecule has 8 heteroatoms. The van der Waals surface area contributed by atoms with E-state index in [9.17, 15) is 19.7 Å². The number of benzene rings is 1. The van der Waals surface area contributed by atoms with Crippen molar-refractivity contribution in [2.24, 2.45) is 11.8 Å². The van der Waals surface area contributed by atoms with Crippen molar-refractivity contribution < 1.29 is 19.2 Å². The van der Waals surface area contributed by atoms with E-state index in [1.807, 2.05) is 4.90 Å². The summed E-state index contributed by atoms with van der Waals surface area (Å²) >= 11 is 0. The molecule has 0 saturated carbocycles. The highest BCUT2D eigenvalue weighted by atomic mass is 16.6. The first kappa shape index (κ1) is 21.0. The average molecular weight is 401 g/mol. The number of likely N-dealkylation sites (tertiary alicyclic amines) is 1. The van der Waals surface area contributed by atoms with E-state index in [2.05, 4.69) is 13.8 Å². The van der Waals surface area contributed by atoms with Crippen LogP contribution in [0, 0.1) is 22.0 Å². The molecule has 2 amide bonds. The monoisotopic (exact) mass is 401 g/mol. The molecule has 2 aliphatic heterocycles. The number of methoxy groups -OCH3 is 1. The van der Waals surface area contributed by atoms with E-state index < -0.39 is 4.92 Å². The van der Waals surface area contributed by atoms with Crippen LogP contribution in [-0.4, -0.2) is 59.9 Å². The summed E-state index contributed by atoms with van der Waals surface area (Å²) in [5.74, 6) is 0.186. The lowest BCUT2D eigenvalue weighted by Crippen LogP contribution is -2.42. The molecule has 0 bridgehead atoms. The van der Waals surface area contributed by atoms with Gasteiger partial charge in [0.15, 0.2) is 0 Å². The first-order valence-electron chi connectivity index (χ1n) is 9.92. The van der Waals surface area contributed by atoms with Gasteiger partial charge in [-0.15, -0.1) is 0 Å².